The fourth-order valence-corrected chi connectivity index (χ4v) is 2.01. The predicted molar refractivity (Wildman–Crippen MR) is 76.7 cm³/mol. The van der Waals surface area contributed by atoms with Gasteiger partial charge >= 0.3 is 0 Å². The molecule has 0 fully saturated rings. The lowest BCUT2D eigenvalue weighted by Crippen LogP contribution is -2.30. The van der Waals surface area contributed by atoms with E-state index in [4.69, 9.17) is 28.0 Å². The number of anilines is 1. The van der Waals surface area contributed by atoms with Crippen LogP contribution in [0.2, 0.25) is 10.0 Å². The van der Waals surface area contributed by atoms with Crippen molar-refractivity contribution in [3.63, 3.8) is 0 Å². The summed E-state index contributed by atoms with van der Waals surface area (Å²) in [6.07, 6.45) is 0. The molecule has 0 aromatic heterocycles. The maximum Gasteiger partial charge on any atom is 0.282 e. The molecule has 0 radical (unpaired) electrons. The number of hydroxylamine groups is 1. The SMILES string of the molecule is CON(C(=O)c1ccccc1)c1cccc(Cl)c1Cl. The van der Waals surface area contributed by atoms with Crippen LogP contribution in [0.4, 0.5) is 5.69 Å². The second-order valence-electron chi connectivity index (χ2n) is 3.72. The van der Waals surface area contributed by atoms with Crippen LogP contribution < -0.4 is 5.06 Å². The highest BCUT2D eigenvalue weighted by atomic mass is 35.5. The molecule has 0 saturated heterocycles. The molecule has 19 heavy (non-hydrogen) atoms. The average Bonchev–Trinajstić information content (AvgIpc) is 2.45. The Kier molecular flexibility index (Phi) is 4.43. The number of rotatable bonds is 3. The van der Waals surface area contributed by atoms with Gasteiger partial charge in [0.05, 0.1) is 22.8 Å². The lowest BCUT2D eigenvalue weighted by molar-refractivity contribution is 0.0773. The molecule has 98 valence electrons. The number of hydrogen-bond acceptors (Lipinski definition) is 2. The average molecular weight is 296 g/mol. The highest BCUT2D eigenvalue weighted by Crippen LogP contribution is 2.33. The van der Waals surface area contributed by atoms with Crippen molar-refractivity contribution in [1.82, 2.24) is 0 Å². The van der Waals surface area contributed by atoms with E-state index in [0.29, 0.717) is 16.3 Å². The zero-order chi connectivity index (χ0) is 13.8. The molecule has 0 aliphatic carbocycles. The number of carbonyl (C=O) groups is 1. The first-order chi connectivity index (χ1) is 9.15. The van der Waals surface area contributed by atoms with Gasteiger partial charge in [-0.05, 0) is 24.3 Å². The Bertz CT molecular complexity index is 587. The smallest absolute Gasteiger partial charge is 0.269 e. The van der Waals surface area contributed by atoms with Crippen LogP contribution in [0.1, 0.15) is 10.4 Å². The minimum Gasteiger partial charge on any atom is -0.269 e. The summed E-state index contributed by atoms with van der Waals surface area (Å²) >= 11 is 12.0. The third kappa shape index (κ3) is 2.89. The van der Waals surface area contributed by atoms with Crippen molar-refractivity contribution in [2.75, 3.05) is 12.2 Å². The zero-order valence-electron chi connectivity index (χ0n) is 10.1. The van der Waals surface area contributed by atoms with Crippen LogP contribution >= 0.6 is 23.2 Å². The normalized spacial score (nSPS) is 10.3. The van der Waals surface area contributed by atoms with Gasteiger partial charge in [0.1, 0.15) is 0 Å². The predicted octanol–water partition coefficient (Wildman–Crippen LogP) is 4.20. The molecule has 0 heterocycles. The third-order valence-corrected chi connectivity index (χ3v) is 3.35. The highest BCUT2D eigenvalue weighted by molar-refractivity contribution is 6.44. The minimum atomic E-state index is -0.313. The first-order valence-corrected chi connectivity index (χ1v) is 6.28. The molecule has 0 bridgehead atoms. The maximum atomic E-state index is 12.3. The Morgan fingerprint density at radius 3 is 2.37 bits per heavy atom. The molecule has 2 aromatic rings. The van der Waals surface area contributed by atoms with Crippen molar-refractivity contribution in [2.24, 2.45) is 0 Å². The molecule has 0 N–H and O–H groups in total. The molecule has 2 aromatic carbocycles. The number of carbonyl (C=O) groups excluding carboxylic acids is 1. The van der Waals surface area contributed by atoms with E-state index in [1.807, 2.05) is 6.07 Å². The molecular formula is C14H11Cl2NO2. The van der Waals surface area contributed by atoms with Gasteiger partial charge in [-0.2, -0.15) is 5.06 Å². The van der Waals surface area contributed by atoms with Crippen molar-refractivity contribution >= 4 is 34.8 Å². The van der Waals surface area contributed by atoms with Gasteiger partial charge in [-0.15, -0.1) is 0 Å². The second kappa shape index (κ2) is 6.06. The Hall–Kier alpha value is -1.55. The molecule has 0 aliphatic rings. The molecule has 1 amide bonds. The van der Waals surface area contributed by atoms with Crippen molar-refractivity contribution in [2.45, 2.75) is 0 Å². The van der Waals surface area contributed by atoms with Crippen molar-refractivity contribution in [3.05, 3.63) is 64.1 Å². The van der Waals surface area contributed by atoms with Crippen LogP contribution in [-0.4, -0.2) is 13.0 Å². The van der Waals surface area contributed by atoms with Crippen LogP contribution in [0.15, 0.2) is 48.5 Å². The number of amides is 1. The van der Waals surface area contributed by atoms with Gasteiger partial charge in [0.15, 0.2) is 0 Å². The first kappa shape index (κ1) is 13.9. The van der Waals surface area contributed by atoms with Crippen LogP contribution in [0.25, 0.3) is 0 Å². The molecule has 0 aliphatic heterocycles. The first-order valence-electron chi connectivity index (χ1n) is 5.52. The van der Waals surface area contributed by atoms with Gasteiger partial charge in [0.25, 0.3) is 5.91 Å². The zero-order valence-corrected chi connectivity index (χ0v) is 11.7. The van der Waals surface area contributed by atoms with E-state index >= 15 is 0 Å². The summed E-state index contributed by atoms with van der Waals surface area (Å²) in [5, 5.41) is 1.75. The van der Waals surface area contributed by atoms with E-state index in [1.54, 1.807) is 42.5 Å². The quantitative estimate of drug-likeness (QED) is 0.794. The lowest BCUT2D eigenvalue weighted by Gasteiger charge is -2.21. The second-order valence-corrected chi connectivity index (χ2v) is 4.51. The third-order valence-electron chi connectivity index (χ3n) is 2.54. The molecule has 0 unspecified atom stereocenters. The van der Waals surface area contributed by atoms with Gasteiger partial charge in [0.2, 0.25) is 0 Å². The number of halogens is 2. The molecule has 5 heteroatoms. The summed E-state index contributed by atoms with van der Waals surface area (Å²) in [4.78, 5) is 17.5. The summed E-state index contributed by atoms with van der Waals surface area (Å²) in [5.41, 5.74) is 0.908. The van der Waals surface area contributed by atoms with Crippen molar-refractivity contribution < 1.29 is 9.63 Å². The van der Waals surface area contributed by atoms with Crippen molar-refractivity contribution in [3.8, 4) is 0 Å². The van der Waals surface area contributed by atoms with E-state index in [9.17, 15) is 4.79 Å². The highest BCUT2D eigenvalue weighted by Gasteiger charge is 2.20. The summed E-state index contributed by atoms with van der Waals surface area (Å²) in [7, 11) is 1.40. The van der Waals surface area contributed by atoms with Crippen LogP contribution in [0.5, 0.6) is 0 Å². The van der Waals surface area contributed by atoms with E-state index in [0.717, 1.165) is 5.06 Å². The number of benzene rings is 2. The van der Waals surface area contributed by atoms with E-state index in [2.05, 4.69) is 0 Å². The van der Waals surface area contributed by atoms with E-state index in [-0.39, 0.29) is 10.9 Å². The minimum absolute atomic E-state index is 0.273. The molecule has 0 saturated carbocycles. The monoisotopic (exact) mass is 295 g/mol. The van der Waals surface area contributed by atoms with E-state index < -0.39 is 0 Å². The van der Waals surface area contributed by atoms with Gasteiger partial charge in [0, 0.05) is 5.56 Å². The van der Waals surface area contributed by atoms with Crippen LogP contribution in [-0.2, 0) is 4.84 Å². The summed E-state index contributed by atoms with van der Waals surface area (Å²) < 4.78 is 0. The number of hydrogen-bond donors (Lipinski definition) is 0. The Morgan fingerprint density at radius 1 is 1.05 bits per heavy atom. The number of nitrogens with zero attached hydrogens (tertiary/aromatic N) is 1. The Balaban J connectivity index is 2.40. The van der Waals surface area contributed by atoms with Gasteiger partial charge in [-0.3, -0.25) is 9.63 Å². The van der Waals surface area contributed by atoms with E-state index in [1.165, 1.54) is 7.11 Å². The molecule has 2 rings (SSSR count). The molecular weight excluding hydrogens is 285 g/mol. The Morgan fingerprint density at radius 2 is 1.74 bits per heavy atom. The van der Waals surface area contributed by atoms with Gasteiger partial charge in [-0.1, -0.05) is 47.5 Å². The summed E-state index contributed by atoms with van der Waals surface area (Å²) in [6.45, 7) is 0. The van der Waals surface area contributed by atoms with Crippen LogP contribution in [0, 0.1) is 0 Å². The van der Waals surface area contributed by atoms with Crippen LogP contribution in [0.3, 0.4) is 0 Å². The maximum absolute atomic E-state index is 12.3. The lowest BCUT2D eigenvalue weighted by atomic mass is 10.2. The molecule has 3 nitrogen and oxygen atoms in total. The van der Waals surface area contributed by atoms with Gasteiger partial charge in [-0.25, -0.2) is 0 Å². The fourth-order valence-electron chi connectivity index (χ4n) is 1.64. The molecule has 0 spiro atoms. The summed E-state index contributed by atoms with van der Waals surface area (Å²) in [5.74, 6) is -0.313. The standard InChI is InChI=1S/C14H11Cl2NO2/c1-19-17(12-9-5-8-11(15)13(12)16)14(18)10-6-3-2-4-7-10/h2-9H,1H3. The van der Waals surface area contributed by atoms with Gasteiger partial charge < -0.3 is 0 Å². The largest absolute Gasteiger partial charge is 0.282 e. The van der Waals surface area contributed by atoms with Crippen molar-refractivity contribution in [1.29, 1.82) is 0 Å². The molecule has 0 atom stereocenters. The Labute approximate surface area is 121 Å². The topological polar surface area (TPSA) is 29.5 Å². The summed E-state index contributed by atoms with van der Waals surface area (Å²) in [6, 6.07) is 13.8. The fraction of sp³-hybridized carbons (Fsp3) is 0.0714.